The summed E-state index contributed by atoms with van der Waals surface area (Å²) in [6.07, 6.45) is -0.0661. The third-order valence-corrected chi connectivity index (χ3v) is 5.71. The van der Waals surface area contributed by atoms with E-state index in [4.69, 9.17) is 5.11 Å². The molecule has 0 bridgehead atoms. The Morgan fingerprint density at radius 3 is 2.53 bits per heavy atom. The van der Waals surface area contributed by atoms with Crippen LogP contribution in [0.1, 0.15) is 16.1 Å². The fraction of sp³-hybridized carbons (Fsp3) is 0.400. The van der Waals surface area contributed by atoms with Crippen molar-refractivity contribution in [2.24, 2.45) is 0 Å². The number of carboxylic acids is 1. The van der Waals surface area contributed by atoms with Crippen molar-refractivity contribution in [2.45, 2.75) is 10.6 Å². The van der Waals surface area contributed by atoms with Crippen LogP contribution in [-0.4, -0.2) is 50.5 Å². The number of rotatable bonds is 6. The first-order valence-corrected chi connectivity index (χ1v) is 7.41. The second-order valence-electron chi connectivity index (χ2n) is 3.58. The molecular formula is C10H13NO6S2. The molecule has 106 valence electrons. The van der Waals surface area contributed by atoms with E-state index in [0.717, 1.165) is 4.31 Å². The van der Waals surface area contributed by atoms with Gasteiger partial charge in [0.25, 0.3) is 10.0 Å². The highest BCUT2D eigenvalue weighted by Crippen LogP contribution is 2.24. The number of methoxy groups -OCH3 is 1. The standard InChI is InChI=1S/C10H13NO6S2/c1-11(6-5-8(12)17-2)19(15,16)9-4-3-7(18-9)10(13)14/h3-4H,5-6H2,1-2H3,(H,13,14). The Kier molecular flexibility index (Phi) is 5.04. The molecule has 0 aliphatic carbocycles. The molecule has 0 aliphatic rings. The van der Waals surface area contributed by atoms with Gasteiger partial charge in [-0.15, -0.1) is 11.3 Å². The third-order valence-electron chi connectivity index (χ3n) is 2.32. The molecule has 1 N–H and O–H groups in total. The molecule has 0 saturated heterocycles. The molecule has 7 nitrogen and oxygen atoms in total. The molecule has 19 heavy (non-hydrogen) atoms. The van der Waals surface area contributed by atoms with Gasteiger partial charge in [0.05, 0.1) is 13.5 Å². The largest absolute Gasteiger partial charge is 0.477 e. The SMILES string of the molecule is COC(=O)CCN(C)S(=O)(=O)c1ccc(C(=O)O)s1. The van der Waals surface area contributed by atoms with Gasteiger partial charge in [0, 0.05) is 13.6 Å². The van der Waals surface area contributed by atoms with E-state index in [1.54, 1.807) is 0 Å². The van der Waals surface area contributed by atoms with E-state index in [0.29, 0.717) is 11.3 Å². The molecule has 9 heteroatoms. The van der Waals surface area contributed by atoms with E-state index in [-0.39, 0.29) is 22.1 Å². The van der Waals surface area contributed by atoms with Crippen molar-refractivity contribution in [3.8, 4) is 0 Å². The number of hydrogen-bond acceptors (Lipinski definition) is 6. The second kappa shape index (κ2) is 6.13. The zero-order valence-electron chi connectivity index (χ0n) is 10.3. The van der Waals surface area contributed by atoms with Crippen LogP contribution in [-0.2, 0) is 19.6 Å². The van der Waals surface area contributed by atoms with Gasteiger partial charge in [-0.2, -0.15) is 4.31 Å². The topological polar surface area (TPSA) is 101 Å². The minimum absolute atomic E-state index is 0.0324. The van der Waals surface area contributed by atoms with Crippen molar-refractivity contribution < 1.29 is 27.9 Å². The quantitative estimate of drug-likeness (QED) is 0.774. The Morgan fingerprint density at radius 1 is 1.42 bits per heavy atom. The minimum atomic E-state index is -3.77. The van der Waals surface area contributed by atoms with Gasteiger partial charge in [-0.3, -0.25) is 4.79 Å². The monoisotopic (exact) mass is 307 g/mol. The molecule has 0 fully saturated rings. The average molecular weight is 307 g/mol. The predicted molar refractivity (Wildman–Crippen MR) is 67.7 cm³/mol. The van der Waals surface area contributed by atoms with E-state index in [1.165, 1.54) is 26.3 Å². The number of carboxylic acid groups (broad SMARTS) is 1. The Labute approximate surface area is 114 Å². The average Bonchev–Trinajstić information content (AvgIpc) is 2.85. The number of thiophene rings is 1. The highest BCUT2D eigenvalue weighted by molar-refractivity contribution is 7.91. The van der Waals surface area contributed by atoms with Gasteiger partial charge in [0.1, 0.15) is 9.09 Å². The number of carbonyl (C=O) groups excluding carboxylic acids is 1. The highest BCUT2D eigenvalue weighted by Gasteiger charge is 2.24. The Balaban J connectivity index is 2.84. The fourth-order valence-electron chi connectivity index (χ4n) is 1.20. The maximum absolute atomic E-state index is 12.1. The summed E-state index contributed by atoms with van der Waals surface area (Å²) in [4.78, 5) is 21.6. The number of nitrogens with zero attached hydrogens (tertiary/aromatic N) is 1. The minimum Gasteiger partial charge on any atom is -0.477 e. The lowest BCUT2D eigenvalue weighted by Crippen LogP contribution is -2.28. The van der Waals surface area contributed by atoms with Crippen LogP contribution < -0.4 is 0 Å². The predicted octanol–water partition coefficient (Wildman–Crippen LogP) is 0.630. The van der Waals surface area contributed by atoms with Gasteiger partial charge in [-0.25, -0.2) is 13.2 Å². The van der Waals surface area contributed by atoms with Crippen molar-refractivity contribution in [2.75, 3.05) is 20.7 Å². The molecule has 1 aromatic rings. The Morgan fingerprint density at radius 2 is 2.05 bits per heavy atom. The van der Waals surface area contributed by atoms with Crippen LogP contribution in [0.4, 0.5) is 0 Å². The molecule has 0 amide bonds. The van der Waals surface area contributed by atoms with Crippen molar-refractivity contribution in [1.29, 1.82) is 0 Å². The summed E-state index contributed by atoms with van der Waals surface area (Å²) in [6, 6.07) is 2.46. The van der Waals surface area contributed by atoms with E-state index in [2.05, 4.69) is 4.74 Å². The molecule has 0 spiro atoms. The van der Waals surface area contributed by atoms with Gasteiger partial charge in [0.15, 0.2) is 0 Å². The molecule has 1 heterocycles. The maximum Gasteiger partial charge on any atom is 0.345 e. The van der Waals surface area contributed by atoms with Gasteiger partial charge in [-0.1, -0.05) is 0 Å². The maximum atomic E-state index is 12.1. The summed E-state index contributed by atoms with van der Waals surface area (Å²) < 4.78 is 29.5. The second-order valence-corrected chi connectivity index (χ2v) is 6.93. The molecule has 1 aromatic heterocycles. The molecule has 0 atom stereocenters. The number of ether oxygens (including phenoxy) is 1. The molecule has 0 aliphatic heterocycles. The number of hydrogen-bond donors (Lipinski definition) is 1. The summed E-state index contributed by atoms with van der Waals surface area (Å²) in [5, 5.41) is 8.75. The first kappa shape index (κ1) is 15.6. The van der Waals surface area contributed by atoms with E-state index in [9.17, 15) is 18.0 Å². The van der Waals surface area contributed by atoms with Crippen LogP contribution in [0.3, 0.4) is 0 Å². The number of carbonyl (C=O) groups is 2. The van der Waals surface area contributed by atoms with E-state index in [1.807, 2.05) is 0 Å². The lowest BCUT2D eigenvalue weighted by molar-refractivity contribution is -0.140. The summed E-state index contributed by atoms with van der Waals surface area (Å²) in [5.74, 6) is -1.69. The molecule has 0 saturated carbocycles. The third kappa shape index (κ3) is 3.75. The summed E-state index contributed by atoms with van der Waals surface area (Å²) >= 11 is 0.671. The Hall–Kier alpha value is -1.45. The van der Waals surface area contributed by atoms with E-state index >= 15 is 0 Å². The molecular weight excluding hydrogens is 294 g/mol. The first-order chi connectivity index (χ1) is 8.78. The normalized spacial score (nSPS) is 11.5. The lowest BCUT2D eigenvalue weighted by Gasteiger charge is -2.14. The number of aromatic carboxylic acids is 1. The van der Waals surface area contributed by atoms with Crippen molar-refractivity contribution in [3.05, 3.63) is 17.0 Å². The van der Waals surface area contributed by atoms with Gasteiger partial charge >= 0.3 is 11.9 Å². The van der Waals surface area contributed by atoms with Crippen LogP contribution in [0, 0.1) is 0 Å². The van der Waals surface area contributed by atoms with Crippen molar-refractivity contribution in [3.63, 3.8) is 0 Å². The van der Waals surface area contributed by atoms with Gasteiger partial charge < -0.3 is 9.84 Å². The Bertz CT molecular complexity index is 577. The zero-order chi connectivity index (χ0) is 14.6. The lowest BCUT2D eigenvalue weighted by atomic mass is 10.4. The summed E-state index contributed by atoms with van der Waals surface area (Å²) in [6.45, 7) is -0.0324. The fourth-order valence-corrected chi connectivity index (χ4v) is 3.73. The molecule has 0 aromatic carbocycles. The highest BCUT2D eigenvalue weighted by atomic mass is 32.2. The first-order valence-electron chi connectivity index (χ1n) is 5.15. The van der Waals surface area contributed by atoms with Crippen molar-refractivity contribution in [1.82, 2.24) is 4.31 Å². The molecule has 1 rings (SSSR count). The summed E-state index contributed by atoms with van der Waals surface area (Å²) in [5.41, 5.74) is 0. The van der Waals surface area contributed by atoms with Gasteiger partial charge in [-0.05, 0) is 12.1 Å². The smallest absolute Gasteiger partial charge is 0.345 e. The molecule has 0 radical (unpaired) electrons. The van der Waals surface area contributed by atoms with Crippen LogP contribution >= 0.6 is 11.3 Å². The van der Waals surface area contributed by atoms with Crippen LogP contribution in [0.25, 0.3) is 0 Å². The van der Waals surface area contributed by atoms with Crippen LogP contribution in [0.5, 0.6) is 0 Å². The van der Waals surface area contributed by atoms with E-state index < -0.39 is 22.0 Å². The molecule has 0 unspecified atom stereocenters. The van der Waals surface area contributed by atoms with Crippen molar-refractivity contribution >= 4 is 33.3 Å². The van der Waals surface area contributed by atoms with Gasteiger partial charge in [0.2, 0.25) is 0 Å². The number of esters is 1. The summed E-state index contributed by atoms with van der Waals surface area (Å²) in [7, 11) is -1.24. The number of sulfonamides is 1. The van der Waals surface area contributed by atoms with Crippen LogP contribution in [0.15, 0.2) is 16.3 Å². The zero-order valence-corrected chi connectivity index (χ0v) is 12.0. The van der Waals surface area contributed by atoms with Crippen LogP contribution in [0.2, 0.25) is 0 Å².